The smallest absolute Gasteiger partial charge is 0.240 e. The molecule has 1 N–H and O–H groups in total. The van der Waals surface area contributed by atoms with Gasteiger partial charge in [-0.1, -0.05) is 41.9 Å². The van der Waals surface area contributed by atoms with Crippen molar-refractivity contribution in [2.75, 3.05) is 39.3 Å². The van der Waals surface area contributed by atoms with Gasteiger partial charge in [0.2, 0.25) is 16.0 Å². The maximum Gasteiger partial charge on any atom is 0.240 e. The Hall–Kier alpha value is -2.64. The van der Waals surface area contributed by atoms with E-state index in [1.54, 1.807) is 18.8 Å². The summed E-state index contributed by atoms with van der Waals surface area (Å²) in [6.45, 7) is 1.99. The van der Waals surface area contributed by atoms with Crippen molar-refractivity contribution in [3.63, 3.8) is 0 Å². The van der Waals surface area contributed by atoms with E-state index in [0.717, 1.165) is 5.56 Å². The second kappa shape index (κ2) is 11.7. The fourth-order valence-corrected chi connectivity index (χ4v) is 4.67. The molecule has 0 bridgehead atoms. The molecule has 2 atom stereocenters. The molecule has 0 spiro atoms. The van der Waals surface area contributed by atoms with E-state index in [0.29, 0.717) is 10.8 Å². The largest absolute Gasteiger partial charge is 0.382 e. The fourth-order valence-electron chi connectivity index (χ4n) is 3.43. The highest BCUT2D eigenvalue weighted by atomic mass is 35.5. The van der Waals surface area contributed by atoms with Crippen LogP contribution in [0.1, 0.15) is 24.9 Å². The van der Waals surface area contributed by atoms with Gasteiger partial charge in [-0.2, -0.15) is 0 Å². The molecular weight excluding hydrogens is 484 g/mol. The van der Waals surface area contributed by atoms with E-state index in [1.165, 1.54) is 26.4 Å². The van der Waals surface area contributed by atoms with Crippen LogP contribution in [0.5, 0.6) is 0 Å². The lowest BCUT2D eigenvalue weighted by Crippen LogP contribution is -2.34. The summed E-state index contributed by atoms with van der Waals surface area (Å²) in [7, 11) is 0.460. The normalized spacial score (nSPS) is 13.7. The summed E-state index contributed by atoms with van der Waals surface area (Å²) in [6, 6.07) is 8.91. The molecule has 0 saturated heterocycles. The Bertz CT molecular complexity index is 1150. The number of hydrogen-bond donors (Lipinski definition) is 1. The SMILES string of the molecule is COCC(COC)n1c(NS(=O)(=O)C(C)C(OC)c2ncc(Cl)cn2)nnc1-c1ccccc1. The Labute approximate surface area is 203 Å². The second-order valence-corrected chi connectivity index (χ2v) is 9.89. The summed E-state index contributed by atoms with van der Waals surface area (Å²) in [6.07, 6.45) is 1.81. The first-order valence-electron chi connectivity index (χ1n) is 10.3. The molecule has 0 fully saturated rings. The molecule has 2 unspecified atom stereocenters. The number of sulfonamides is 1. The first kappa shape index (κ1) is 26.0. The minimum Gasteiger partial charge on any atom is -0.382 e. The molecule has 184 valence electrons. The molecule has 2 aromatic heterocycles. The van der Waals surface area contributed by atoms with Gasteiger partial charge in [0.05, 0.1) is 24.3 Å². The van der Waals surface area contributed by atoms with Crippen molar-refractivity contribution >= 4 is 27.6 Å². The van der Waals surface area contributed by atoms with Crippen LogP contribution in [0.25, 0.3) is 11.4 Å². The average molecular weight is 511 g/mol. The van der Waals surface area contributed by atoms with Gasteiger partial charge >= 0.3 is 0 Å². The van der Waals surface area contributed by atoms with Gasteiger partial charge < -0.3 is 14.2 Å². The molecule has 0 aliphatic heterocycles. The molecule has 0 aliphatic carbocycles. The summed E-state index contributed by atoms with van der Waals surface area (Å²) in [5.74, 6) is 0.680. The number of aromatic nitrogens is 5. The van der Waals surface area contributed by atoms with E-state index in [-0.39, 0.29) is 25.0 Å². The topological polar surface area (TPSA) is 130 Å². The van der Waals surface area contributed by atoms with Crippen LogP contribution in [0.15, 0.2) is 42.7 Å². The molecule has 1 aromatic carbocycles. The lowest BCUT2D eigenvalue weighted by Gasteiger charge is -2.24. The van der Waals surface area contributed by atoms with E-state index in [9.17, 15) is 8.42 Å². The third-order valence-corrected chi connectivity index (χ3v) is 7.00. The third kappa shape index (κ3) is 5.88. The standard InChI is InChI=1S/C21H27ClN6O5S/c1-14(18(33-4)19-23-10-16(22)11-24-19)34(29,30)27-21-26-25-20(15-8-6-5-7-9-15)28(21)17(12-31-2)13-32-3/h5-11,14,17-18H,12-13H2,1-4H3,(H,26,27). The first-order valence-corrected chi connectivity index (χ1v) is 12.2. The number of methoxy groups -OCH3 is 3. The van der Waals surface area contributed by atoms with Crippen molar-refractivity contribution in [2.45, 2.75) is 24.3 Å². The number of ether oxygens (including phenoxy) is 3. The first-order chi connectivity index (χ1) is 16.3. The molecule has 13 heteroatoms. The minimum absolute atomic E-state index is 0.0247. The minimum atomic E-state index is -4.03. The van der Waals surface area contributed by atoms with Gasteiger partial charge in [0.15, 0.2) is 11.6 Å². The molecule has 3 rings (SSSR count). The predicted octanol–water partition coefficient (Wildman–Crippen LogP) is 2.74. The van der Waals surface area contributed by atoms with Gasteiger partial charge in [-0.25, -0.2) is 18.4 Å². The monoisotopic (exact) mass is 510 g/mol. The van der Waals surface area contributed by atoms with Crippen molar-refractivity contribution in [1.82, 2.24) is 24.7 Å². The Morgan fingerprint density at radius 2 is 1.65 bits per heavy atom. The maximum atomic E-state index is 13.4. The Balaban J connectivity index is 1.99. The van der Waals surface area contributed by atoms with Crippen LogP contribution in [-0.4, -0.2) is 72.9 Å². The molecular formula is C21H27ClN6O5S. The quantitative estimate of drug-likeness (QED) is 0.390. The van der Waals surface area contributed by atoms with Crippen molar-refractivity contribution in [3.8, 4) is 11.4 Å². The fraction of sp³-hybridized carbons (Fsp3) is 0.429. The van der Waals surface area contributed by atoms with Gasteiger partial charge in [0.25, 0.3) is 0 Å². The number of anilines is 1. The van der Waals surface area contributed by atoms with Crippen LogP contribution in [0.4, 0.5) is 5.95 Å². The van der Waals surface area contributed by atoms with E-state index in [4.69, 9.17) is 25.8 Å². The molecule has 2 heterocycles. The van der Waals surface area contributed by atoms with Crippen LogP contribution < -0.4 is 4.72 Å². The number of nitrogens with zero attached hydrogens (tertiary/aromatic N) is 5. The molecule has 3 aromatic rings. The zero-order valence-corrected chi connectivity index (χ0v) is 20.8. The van der Waals surface area contributed by atoms with Gasteiger partial charge in [-0.3, -0.25) is 9.29 Å². The molecule has 0 saturated carbocycles. The number of nitrogens with one attached hydrogen (secondary N) is 1. The van der Waals surface area contributed by atoms with Gasteiger partial charge in [-0.05, 0) is 6.92 Å². The zero-order valence-electron chi connectivity index (χ0n) is 19.3. The van der Waals surface area contributed by atoms with Crippen LogP contribution >= 0.6 is 11.6 Å². The van der Waals surface area contributed by atoms with Crippen LogP contribution in [0.2, 0.25) is 5.02 Å². The molecule has 0 radical (unpaired) electrons. The van der Waals surface area contributed by atoms with E-state index in [2.05, 4.69) is 24.9 Å². The maximum absolute atomic E-state index is 13.4. The van der Waals surface area contributed by atoms with Gasteiger partial charge in [0, 0.05) is 39.3 Å². The summed E-state index contributed by atoms with van der Waals surface area (Å²) in [5.41, 5.74) is 0.759. The molecule has 0 amide bonds. The lowest BCUT2D eigenvalue weighted by molar-refractivity contribution is 0.0907. The van der Waals surface area contributed by atoms with Crippen molar-refractivity contribution in [3.05, 3.63) is 53.6 Å². The molecule has 0 aliphatic rings. The Morgan fingerprint density at radius 3 is 2.21 bits per heavy atom. The highest BCUT2D eigenvalue weighted by Crippen LogP contribution is 2.29. The third-order valence-electron chi connectivity index (χ3n) is 5.11. The number of hydrogen-bond acceptors (Lipinski definition) is 9. The molecule has 11 nitrogen and oxygen atoms in total. The van der Waals surface area contributed by atoms with Crippen LogP contribution in [0.3, 0.4) is 0 Å². The highest BCUT2D eigenvalue weighted by molar-refractivity contribution is 7.93. The lowest BCUT2D eigenvalue weighted by atomic mass is 10.2. The summed E-state index contributed by atoms with van der Waals surface area (Å²) in [5, 5.41) is 7.64. The van der Waals surface area contributed by atoms with Crippen LogP contribution in [0, 0.1) is 0 Å². The van der Waals surface area contributed by atoms with Crippen molar-refractivity contribution in [2.24, 2.45) is 0 Å². The highest BCUT2D eigenvalue weighted by Gasteiger charge is 2.35. The van der Waals surface area contributed by atoms with Crippen molar-refractivity contribution < 1.29 is 22.6 Å². The van der Waals surface area contributed by atoms with Gasteiger partial charge in [-0.15, -0.1) is 10.2 Å². The predicted molar refractivity (Wildman–Crippen MR) is 127 cm³/mol. The summed E-state index contributed by atoms with van der Waals surface area (Å²) >= 11 is 5.85. The number of rotatable bonds is 12. The second-order valence-electron chi connectivity index (χ2n) is 7.42. The summed E-state index contributed by atoms with van der Waals surface area (Å²) < 4.78 is 47.1. The molecule has 34 heavy (non-hydrogen) atoms. The number of halogens is 1. The Kier molecular flexibility index (Phi) is 8.91. The number of benzene rings is 1. The van der Waals surface area contributed by atoms with E-state index >= 15 is 0 Å². The average Bonchev–Trinajstić information content (AvgIpc) is 3.23. The summed E-state index contributed by atoms with van der Waals surface area (Å²) in [4.78, 5) is 8.21. The van der Waals surface area contributed by atoms with Crippen LogP contribution in [-0.2, 0) is 24.2 Å². The van der Waals surface area contributed by atoms with E-state index < -0.39 is 27.4 Å². The van der Waals surface area contributed by atoms with Gasteiger partial charge in [0.1, 0.15) is 11.4 Å². The Morgan fingerprint density at radius 1 is 1.03 bits per heavy atom. The van der Waals surface area contributed by atoms with Crippen molar-refractivity contribution in [1.29, 1.82) is 0 Å². The zero-order chi connectivity index (χ0) is 24.7. The van der Waals surface area contributed by atoms with E-state index in [1.807, 2.05) is 30.3 Å².